The summed E-state index contributed by atoms with van der Waals surface area (Å²) in [5.74, 6) is 2.28. The first-order valence-electron chi connectivity index (χ1n) is 7.59. The fourth-order valence-electron chi connectivity index (χ4n) is 2.58. The van der Waals surface area contributed by atoms with Gasteiger partial charge in [0.2, 0.25) is 0 Å². The van der Waals surface area contributed by atoms with Gasteiger partial charge in [-0.15, -0.1) is 0 Å². The molecule has 1 aromatic heterocycles. The average molecular weight is 319 g/mol. The van der Waals surface area contributed by atoms with Crippen molar-refractivity contribution in [1.82, 2.24) is 4.90 Å². The fraction of sp³-hybridized carbons (Fsp3) is 0.444. The Morgan fingerprint density at radius 1 is 1.09 bits per heavy atom. The Hall–Kier alpha value is -1.98. The molecular formula is C18H25NO4. The van der Waals surface area contributed by atoms with Gasteiger partial charge in [-0.2, -0.15) is 0 Å². The van der Waals surface area contributed by atoms with Crippen LogP contribution >= 0.6 is 0 Å². The lowest BCUT2D eigenvalue weighted by molar-refractivity contribution is 0.0285. The molecule has 0 unspecified atom stereocenters. The van der Waals surface area contributed by atoms with Crippen LogP contribution in [0.25, 0.3) is 0 Å². The van der Waals surface area contributed by atoms with Crippen molar-refractivity contribution in [2.45, 2.75) is 32.5 Å². The van der Waals surface area contributed by atoms with E-state index in [1.54, 1.807) is 34.3 Å². The summed E-state index contributed by atoms with van der Waals surface area (Å²) >= 11 is 0. The van der Waals surface area contributed by atoms with Crippen LogP contribution in [-0.4, -0.2) is 36.4 Å². The molecule has 0 atom stereocenters. The third-order valence-corrected chi connectivity index (χ3v) is 3.42. The van der Waals surface area contributed by atoms with Crippen molar-refractivity contribution in [3.8, 4) is 11.5 Å². The standard InChI is InChI=1S/C18H25NO4/c1-18(2,20)13-19(12-15-6-5-9-23-15)11-14-7-8-16(21-3)17(10-14)22-4/h5-10,20H,11-13H2,1-4H3. The van der Waals surface area contributed by atoms with E-state index in [9.17, 15) is 5.11 Å². The van der Waals surface area contributed by atoms with Crippen LogP contribution in [0.3, 0.4) is 0 Å². The van der Waals surface area contributed by atoms with Crippen molar-refractivity contribution >= 4 is 0 Å². The highest BCUT2D eigenvalue weighted by Gasteiger charge is 2.20. The van der Waals surface area contributed by atoms with Crippen LogP contribution in [0.2, 0.25) is 0 Å². The van der Waals surface area contributed by atoms with Crippen LogP contribution in [0.4, 0.5) is 0 Å². The molecule has 0 aliphatic carbocycles. The minimum atomic E-state index is -0.789. The Labute approximate surface area is 137 Å². The first kappa shape index (κ1) is 17.4. The van der Waals surface area contributed by atoms with Gasteiger partial charge in [-0.3, -0.25) is 4.90 Å². The Morgan fingerprint density at radius 3 is 2.39 bits per heavy atom. The Morgan fingerprint density at radius 2 is 1.83 bits per heavy atom. The molecule has 1 aromatic carbocycles. The smallest absolute Gasteiger partial charge is 0.161 e. The van der Waals surface area contributed by atoms with Crippen molar-refractivity contribution in [2.75, 3.05) is 20.8 Å². The normalized spacial score (nSPS) is 11.7. The molecule has 0 aliphatic heterocycles. The topological polar surface area (TPSA) is 55.1 Å². The SMILES string of the molecule is COc1ccc(CN(Cc2ccco2)CC(C)(C)O)cc1OC. The van der Waals surface area contributed by atoms with E-state index in [1.807, 2.05) is 30.3 Å². The number of furan rings is 1. The molecule has 0 radical (unpaired) electrons. The van der Waals surface area contributed by atoms with E-state index in [-0.39, 0.29) is 0 Å². The second-order valence-electron chi connectivity index (χ2n) is 6.23. The predicted molar refractivity (Wildman–Crippen MR) is 88.7 cm³/mol. The van der Waals surface area contributed by atoms with Crippen molar-refractivity contribution < 1.29 is 19.0 Å². The molecule has 1 heterocycles. The lowest BCUT2D eigenvalue weighted by Crippen LogP contribution is -2.37. The van der Waals surface area contributed by atoms with Gasteiger partial charge in [0, 0.05) is 13.1 Å². The summed E-state index contributed by atoms with van der Waals surface area (Å²) in [6, 6.07) is 9.66. The van der Waals surface area contributed by atoms with Gasteiger partial charge in [0.1, 0.15) is 5.76 Å². The van der Waals surface area contributed by atoms with Crippen LogP contribution in [-0.2, 0) is 13.1 Å². The Kier molecular flexibility index (Phi) is 5.69. The zero-order valence-electron chi connectivity index (χ0n) is 14.2. The molecule has 0 amide bonds. The van der Waals surface area contributed by atoms with E-state index in [2.05, 4.69) is 4.90 Å². The van der Waals surface area contributed by atoms with Crippen LogP contribution in [0.15, 0.2) is 41.0 Å². The van der Waals surface area contributed by atoms with Crippen LogP contribution in [0, 0.1) is 0 Å². The molecule has 2 aromatic rings. The molecule has 5 nitrogen and oxygen atoms in total. The molecule has 126 valence electrons. The molecule has 0 aliphatic rings. The van der Waals surface area contributed by atoms with E-state index in [0.717, 1.165) is 11.3 Å². The van der Waals surface area contributed by atoms with Gasteiger partial charge in [-0.1, -0.05) is 6.07 Å². The fourth-order valence-corrected chi connectivity index (χ4v) is 2.58. The van der Waals surface area contributed by atoms with Gasteiger partial charge < -0.3 is 19.0 Å². The quantitative estimate of drug-likeness (QED) is 0.810. The van der Waals surface area contributed by atoms with Crippen molar-refractivity contribution in [3.63, 3.8) is 0 Å². The highest BCUT2D eigenvalue weighted by Crippen LogP contribution is 2.28. The summed E-state index contributed by atoms with van der Waals surface area (Å²) in [4.78, 5) is 2.14. The molecule has 5 heteroatoms. The van der Waals surface area contributed by atoms with Gasteiger partial charge >= 0.3 is 0 Å². The summed E-state index contributed by atoms with van der Waals surface area (Å²) in [5.41, 5.74) is 0.293. The third-order valence-electron chi connectivity index (χ3n) is 3.42. The first-order valence-corrected chi connectivity index (χ1v) is 7.59. The van der Waals surface area contributed by atoms with E-state index < -0.39 is 5.60 Å². The number of nitrogens with zero attached hydrogens (tertiary/aromatic N) is 1. The number of hydrogen-bond donors (Lipinski definition) is 1. The van der Waals surface area contributed by atoms with E-state index >= 15 is 0 Å². The highest BCUT2D eigenvalue weighted by molar-refractivity contribution is 5.42. The van der Waals surface area contributed by atoms with Crippen LogP contribution in [0.5, 0.6) is 11.5 Å². The Balaban J connectivity index is 2.16. The number of hydrogen-bond acceptors (Lipinski definition) is 5. The number of benzene rings is 1. The van der Waals surface area contributed by atoms with Gasteiger partial charge in [0.05, 0.1) is 32.6 Å². The predicted octanol–water partition coefficient (Wildman–Crippen LogP) is 3.07. The van der Waals surface area contributed by atoms with Gasteiger partial charge in [0.15, 0.2) is 11.5 Å². The maximum atomic E-state index is 10.2. The monoisotopic (exact) mass is 319 g/mol. The number of aliphatic hydroxyl groups is 1. The zero-order valence-corrected chi connectivity index (χ0v) is 14.2. The molecule has 0 fully saturated rings. The lowest BCUT2D eigenvalue weighted by atomic mass is 10.1. The first-order chi connectivity index (χ1) is 10.9. The van der Waals surface area contributed by atoms with Crippen LogP contribution < -0.4 is 9.47 Å². The largest absolute Gasteiger partial charge is 0.493 e. The van der Waals surface area contributed by atoms with E-state index in [1.165, 1.54) is 0 Å². The molecule has 0 bridgehead atoms. The van der Waals surface area contributed by atoms with Crippen LogP contribution in [0.1, 0.15) is 25.2 Å². The van der Waals surface area contributed by atoms with E-state index in [4.69, 9.17) is 13.9 Å². The molecule has 1 N–H and O–H groups in total. The summed E-state index contributed by atoms with van der Waals surface area (Å²) in [7, 11) is 3.24. The number of methoxy groups -OCH3 is 2. The molecule has 2 rings (SSSR count). The minimum absolute atomic E-state index is 0.530. The highest BCUT2D eigenvalue weighted by atomic mass is 16.5. The summed E-state index contributed by atoms with van der Waals surface area (Å²) in [5, 5.41) is 10.2. The summed E-state index contributed by atoms with van der Waals surface area (Å²) in [6.45, 7) is 5.44. The van der Waals surface area contributed by atoms with Gasteiger partial charge in [-0.25, -0.2) is 0 Å². The minimum Gasteiger partial charge on any atom is -0.493 e. The molecule has 0 saturated carbocycles. The van der Waals surface area contributed by atoms with Crippen molar-refractivity contribution in [2.24, 2.45) is 0 Å². The maximum Gasteiger partial charge on any atom is 0.161 e. The summed E-state index contributed by atoms with van der Waals surface area (Å²) < 4.78 is 16.1. The Bertz CT molecular complexity index is 602. The zero-order chi connectivity index (χ0) is 16.9. The summed E-state index contributed by atoms with van der Waals surface area (Å²) in [6.07, 6.45) is 1.66. The van der Waals surface area contributed by atoms with Gasteiger partial charge in [-0.05, 0) is 43.7 Å². The second kappa shape index (κ2) is 7.53. The van der Waals surface area contributed by atoms with E-state index in [0.29, 0.717) is 31.1 Å². The number of ether oxygens (including phenoxy) is 2. The maximum absolute atomic E-state index is 10.2. The molecule has 0 saturated heterocycles. The molecule has 23 heavy (non-hydrogen) atoms. The lowest BCUT2D eigenvalue weighted by Gasteiger charge is -2.28. The molecular weight excluding hydrogens is 294 g/mol. The van der Waals surface area contributed by atoms with Crippen molar-refractivity contribution in [1.29, 1.82) is 0 Å². The molecule has 0 spiro atoms. The van der Waals surface area contributed by atoms with Gasteiger partial charge in [0.25, 0.3) is 0 Å². The van der Waals surface area contributed by atoms with Crippen molar-refractivity contribution in [3.05, 3.63) is 47.9 Å². The third kappa shape index (κ3) is 5.30. The average Bonchev–Trinajstić information content (AvgIpc) is 2.98. The second-order valence-corrected chi connectivity index (χ2v) is 6.23. The number of rotatable bonds is 8.